The Balaban J connectivity index is 2.65. The standard InChI is InChI=1S/C8H18OS/c1-3-5-7-9-10-8-6-4-2/h3-8H2,1-2H3. The van der Waals surface area contributed by atoms with E-state index in [2.05, 4.69) is 13.8 Å². The van der Waals surface area contributed by atoms with E-state index in [-0.39, 0.29) is 0 Å². The minimum absolute atomic E-state index is 0.922. The van der Waals surface area contributed by atoms with Crippen molar-refractivity contribution in [2.24, 2.45) is 0 Å². The van der Waals surface area contributed by atoms with Gasteiger partial charge in [-0.15, -0.1) is 0 Å². The first-order valence-corrected chi connectivity index (χ1v) is 5.07. The molecule has 0 rings (SSSR count). The zero-order valence-electron chi connectivity index (χ0n) is 7.06. The van der Waals surface area contributed by atoms with Gasteiger partial charge in [-0.05, 0) is 24.9 Å². The highest BCUT2D eigenvalue weighted by molar-refractivity contribution is 7.94. The van der Waals surface area contributed by atoms with Crippen LogP contribution < -0.4 is 0 Å². The topological polar surface area (TPSA) is 9.23 Å². The van der Waals surface area contributed by atoms with Crippen molar-refractivity contribution >= 4 is 12.0 Å². The zero-order valence-corrected chi connectivity index (χ0v) is 7.88. The number of unbranched alkanes of at least 4 members (excludes halogenated alkanes) is 2. The minimum atomic E-state index is 0.922. The van der Waals surface area contributed by atoms with Crippen LogP contribution in [0.15, 0.2) is 0 Å². The molecule has 0 fully saturated rings. The third-order valence-electron chi connectivity index (χ3n) is 1.25. The van der Waals surface area contributed by atoms with Gasteiger partial charge >= 0.3 is 0 Å². The Morgan fingerprint density at radius 1 is 1.10 bits per heavy atom. The van der Waals surface area contributed by atoms with Crippen molar-refractivity contribution < 1.29 is 4.18 Å². The van der Waals surface area contributed by atoms with Crippen molar-refractivity contribution in [3.05, 3.63) is 0 Å². The SMILES string of the molecule is CCCCOSCCCC. The van der Waals surface area contributed by atoms with Crippen LogP contribution in [-0.2, 0) is 4.18 Å². The van der Waals surface area contributed by atoms with Crippen molar-refractivity contribution in [3.63, 3.8) is 0 Å². The zero-order chi connectivity index (χ0) is 7.66. The minimum Gasteiger partial charge on any atom is -0.315 e. The first kappa shape index (κ1) is 10.3. The molecule has 0 bridgehead atoms. The van der Waals surface area contributed by atoms with E-state index in [4.69, 9.17) is 4.18 Å². The second-order valence-electron chi connectivity index (χ2n) is 2.35. The Bertz CT molecular complexity index is 49.2. The summed E-state index contributed by atoms with van der Waals surface area (Å²) in [5.41, 5.74) is 0. The van der Waals surface area contributed by atoms with Gasteiger partial charge in [0.1, 0.15) is 0 Å². The second kappa shape index (κ2) is 9.31. The molecule has 0 aliphatic heterocycles. The number of rotatable bonds is 7. The third-order valence-corrected chi connectivity index (χ3v) is 2.03. The van der Waals surface area contributed by atoms with Crippen molar-refractivity contribution in [2.45, 2.75) is 39.5 Å². The lowest BCUT2D eigenvalue weighted by molar-refractivity contribution is 0.362. The normalized spacial score (nSPS) is 10.2. The van der Waals surface area contributed by atoms with E-state index in [1.165, 1.54) is 25.7 Å². The Morgan fingerprint density at radius 3 is 2.40 bits per heavy atom. The predicted molar refractivity (Wildman–Crippen MR) is 48.2 cm³/mol. The molecule has 0 unspecified atom stereocenters. The highest BCUT2D eigenvalue weighted by Gasteiger charge is 1.87. The molecule has 0 heterocycles. The molecule has 0 amide bonds. The van der Waals surface area contributed by atoms with Gasteiger partial charge in [-0.3, -0.25) is 0 Å². The average Bonchev–Trinajstić information content (AvgIpc) is 1.97. The average molecular weight is 162 g/mol. The van der Waals surface area contributed by atoms with Crippen LogP contribution in [0.5, 0.6) is 0 Å². The predicted octanol–water partition coefficient (Wildman–Crippen LogP) is 3.25. The highest BCUT2D eigenvalue weighted by atomic mass is 32.2. The molecule has 0 aliphatic carbocycles. The Kier molecular flexibility index (Phi) is 9.60. The van der Waals surface area contributed by atoms with Crippen LogP contribution in [0.4, 0.5) is 0 Å². The summed E-state index contributed by atoms with van der Waals surface area (Å²) in [5.74, 6) is 1.15. The summed E-state index contributed by atoms with van der Waals surface area (Å²) in [4.78, 5) is 0. The van der Waals surface area contributed by atoms with Gasteiger partial charge in [-0.1, -0.05) is 26.7 Å². The first-order valence-electron chi connectivity index (χ1n) is 4.16. The molecule has 0 aromatic carbocycles. The Labute approximate surface area is 68.7 Å². The quantitative estimate of drug-likeness (QED) is 0.420. The fourth-order valence-corrected chi connectivity index (χ4v) is 1.28. The largest absolute Gasteiger partial charge is 0.315 e. The van der Waals surface area contributed by atoms with Crippen LogP contribution in [0.1, 0.15) is 39.5 Å². The molecule has 0 radical (unpaired) electrons. The fourth-order valence-electron chi connectivity index (χ4n) is 0.524. The summed E-state index contributed by atoms with van der Waals surface area (Å²) in [7, 11) is 0. The molecule has 0 aromatic heterocycles. The molecule has 0 atom stereocenters. The van der Waals surface area contributed by atoms with Gasteiger partial charge < -0.3 is 4.18 Å². The van der Waals surface area contributed by atoms with Crippen LogP contribution in [0.3, 0.4) is 0 Å². The van der Waals surface area contributed by atoms with Gasteiger partial charge in [0.15, 0.2) is 0 Å². The van der Waals surface area contributed by atoms with E-state index < -0.39 is 0 Å². The van der Waals surface area contributed by atoms with E-state index in [0.717, 1.165) is 12.4 Å². The monoisotopic (exact) mass is 162 g/mol. The number of hydrogen-bond acceptors (Lipinski definition) is 2. The Morgan fingerprint density at radius 2 is 1.80 bits per heavy atom. The molecular formula is C8H18OS. The molecule has 10 heavy (non-hydrogen) atoms. The summed E-state index contributed by atoms with van der Waals surface area (Å²) in [6.07, 6.45) is 4.97. The van der Waals surface area contributed by atoms with Gasteiger partial charge in [0.05, 0.1) is 6.61 Å². The maximum atomic E-state index is 5.29. The van der Waals surface area contributed by atoms with Crippen molar-refractivity contribution in [1.29, 1.82) is 0 Å². The lowest BCUT2D eigenvalue weighted by Crippen LogP contribution is -1.86. The molecular weight excluding hydrogens is 144 g/mol. The maximum absolute atomic E-state index is 5.29. The van der Waals surface area contributed by atoms with Crippen LogP contribution >= 0.6 is 12.0 Å². The van der Waals surface area contributed by atoms with Gasteiger partial charge in [-0.25, -0.2) is 0 Å². The first-order chi connectivity index (χ1) is 4.91. The van der Waals surface area contributed by atoms with Gasteiger partial charge in [0, 0.05) is 5.75 Å². The van der Waals surface area contributed by atoms with Crippen LogP contribution in [0, 0.1) is 0 Å². The smallest absolute Gasteiger partial charge is 0.0613 e. The maximum Gasteiger partial charge on any atom is 0.0613 e. The lowest BCUT2D eigenvalue weighted by atomic mass is 10.4. The highest BCUT2D eigenvalue weighted by Crippen LogP contribution is 2.06. The summed E-state index contributed by atoms with van der Waals surface area (Å²) < 4.78 is 5.29. The molecule has 62 valence electrons. The molecule has 0 N–H and O–H groups in total. The van der Waals surface area contributed by atoms with Crippen LogP contribution in [0.2, 0.25) is 0 Å². The summed E-state index contributed by atoms with van der Waals surface area (Å²) >= 11 is 1.62. The molecule has 0 aromatic rings. The fraction of sp³-hybridized carbons (Fsp3) is 1.00. The summed E-state index contributed by atoms with van der Waals surface area (Å²) in [5, 5.41) is 0. The molecule has 0 spiro atoms. The third kappa shape index (κ3) is 8.31. The van der Waals surface area contributed by atoms with Crippen LogP contribution in [0.25, 0.3) is 0 Å². The van der Waals surface area contributed by atoms with E-state index in [9.17, 15) is 0 Å². The molecule has 0 saturated carbocycles. The summed E-state index contributed by atoms with van der Waals surface area (Å²) in [6, 6.07) is 0. The van der Waals surface area contributed by atoms with Gasteiger partial charge in [-0.2, -0.15) is 0 Å². The second-order valence-corrected chi connectivity index (χ2v) is 3.23. The molecule has 1 nitrogen and oxygen atoms in total. The molecule has 2 heteroatoms. The van der Waals surface area contributed by atoms with Crippen LogP contribution in [-0.4, -0.2) is 12.4 Å². The van der Waals surface area contributed by atoms with Crippen molar-refractivity contribution in [2.75, 3.05) is 12.4 Å². The molecule has 0 aliphatic rings. The van der Waals surface area contributed by atoms with E-state index in [0.29, 0.717) is 0 Å². The van der Waals surface area contributed by atoms with Crippen molar-refractivity contribution in [3.8, 4) is 0 Å². The van der Waals surface area contributed by atoms with E-state index in [1.54, 1.807) is 12.0 Å². The van der Waals surface area contributed by atoms with E-state index in [1.807, 2.05) is 0 Å². The van der Waals surface area contributed by atoms with Gasteiger partial charge in [0.25, 0.3) is 0 Å². The lowest BCUT2D eigenvalue weighted by Gasteiger charge is -1.99. The summed E-state index contributed by atoms with van der Waals surface area (Å²) in [6.45, 7) is 5.30. The van der Waals surface area contributed by atoms with E-state index >= 15 is 0 Å². The molecule has 0 saturated heterocycles. The van der Waals surface area contributed by atoms with Crippen molar-refractivity contribution in [1.82, 2.24) is 0 Å². The van der Waals surface area contributed by atoms with Gasteiger partial charge in [0.2, 0.25) is 0 Å². The Hall–Kier alpha value is 0.310. The number of hydrogen-bond donors (Lipinski definition) is 0.